The van der Waals surface area contributed by atoms with E-state index in [0.29, 0.717) is 0 Å². The molecule has 0 aromatic rings. The summed E-state index contributed by atoms with van der Waals surface area (Å²) in [5, 5.41) is 0. The maximum Gasteiger partial charge on any atom is 0.245 e. The zero-order valence-corrected chi connectivity index (χ0v) is 6.82. The van der Waals surface area contributed by atoms with Gasteiger partial charge in [0.2, 0.25) is 5.79 Å². The van der Waals surface area contributed by atoms with Crippen LogP contribution in [-0.4, -0.2) is 11.4 Å². The summed E-state index contributed by atoms with van der Waals surface area (Å²) in [5.74, 6) is 0.745. The first-order valence-corrected chi connectivity index (χ1v) is 3.57. The Morgan fingerprint density at radius 2 is 1.90 bits per heavy atom. The van der Waals surface area contributed by atoms with Crippen LogP contribution in [0.5, 0.6) is 0 Å². The molecular formula is C8H12O2. The van der Waals surface area contributed by atoms with Crippen LogP contribution < -0.4 is 0 Å². The van der Waals surface area contributed by atoms with E-state index >= 15 is 0 Å². The molecule has 0 saturated carbocycles. The minimum absolute atomic E-state index is 0.0775. The summed E-state index contributed by atoms with van der Waals surface area (Å²) < 4.78 is 10.8. The van der Waals surface area contributed by atoms with E-state index in [0.717, 1.165) is 5.76 Å². The van der Waals surface area contributed by atoms with Crippen molar-refractivity contribution >= 4 is 0 Å². The van der Waals surface area contributed by atoms with Crippen molar-refractivity contribution in [2.45, 2.75) is 39.1 Å². The number of allylic oxidation sites excluding steroid dienone is 1. The Kier molecular flexibility index (Phi) is 0.783. The summed E-state index contributed by atoms with van der Waals surface area (Å²) in [4.78, 5) is 0. The second kappa shape index (κ2) is 1.26. The summed E-state index contributed by atoms with van der Waals surface area (Å²) in [6.45, 7) is 8.13. The second-order valence-corrected chi connectivity index (χ2v) is 3.51. The van der Waals surface area contributed by atoms with Crippen LogP contribution in [-0.2, 0) is 9.47 Å². The van der Waals surface area contributed by atoms with Crippen molar-refractivity contribution in [3.63, 3.8) is 0 Å². The number of epoxide rings is 1. The van der Waals surface area contributed by atoms with E-state index in [1.807, 2.05) is 20.8 Å². The van der Waals surface area contributed by atoms with Crippen LogP contribution >= 0.6 is 0 Å². The van der Waals surface area contributed by atoms with Crippen LogP contribution in [0.25, 0.3) is 0 Å². The topological polar surface area (TPSA) is 21.8 Å². The van der Waals surface area contributed by atoms with Crippen molar-refractivity contribution in [1.29, 1.82) is 0 Å². The third kappa shape index (κ3) is 0.419. The molecule has 0 spiro atoms. The molecule has 0 aromatic carbocycles. The van der Waals surface area contributed by atoms with Gasteiger partial charge >= 0.3 is 0 Å². The van der Waals surface area contributed by atoms with E-state index in [-0.39, 0.29) is 11.4 Å². The van der Waals surface area contributed by atoms with Crippen LogP contribution in [0, 0.1) is 0 Å². The Morgan fingerprint density at radius 3 is 2.00 bits per heavy atom. The molecule has 0 N–H and O–H groups in total. The van der Waals surface area contributed by atoms with Gasteiger partial charge in [-0.2, -0.15) is 0 Å². The van der Waals surface area contributed by atoms with Crippen LogP contribution in [0.1, 0.15) is 27.7 Å². The number of rotatable bonds is 0. The normalized spacial score (nSPS) is 49.0. The first kappa shape index (κ1) is 6.23. The van der Waals surface area contributed by atoms with Gasteiger partial charge in [0, 0.05) is 6.92 Å². The summed E-state index contributed by atoms with van der Waals surface area (Å²) in [6, 6.07) is 0. The molecule has 0 aromatic heterocycles. The lowest BCUT2D eigenvalue weighted by atomic mass is 9.94. The molecule has 2 atom stereocenters. The molecule has 0 amide bonds. The average Bonchev–Trinajstić information content (AvgIpc) is 2.15. The molecule has 2 aliphatic rings. The second-order valence-electron chi connectivity index (χ2n) is 3.51. The minimum Gasteiger partial charge on any atom is -0.460 e. The van der Waals surface area contributed by atoms with Gasteiger partial charge in [0.1, 0.15) is 5.76 Å². The van der Waals surface area contributed by atoms with E-state index < -0.39 is 0 Å². The first-order valence-electron chi connectivity index (χ1n) is 3.57. The van der Waals surface area contributed by atoms with E-state index in [2.05, 4.69) is 6.92 Å². The molecule has 2 heterocycles. The zero-order chi connectivity index (χ0) is 7.57. The highest BCUT2D eigenvalue weighted by Crippen LogP contribution is 2.64. The van der Waals surface area contributed by atoms with Crippen LogP contribution in [0.15, 0.2) is 11.3 Å². The van der Waals surface area contributed by atoms with Crippen molar-refractivity contribution in [3.8, 4) is 0 Å². The Balaban J connectivity index is 2.32. The number of fused-ring (bicyclic) bond motifs is 1. The van der Waals surface area contributed by atoms with Gasteiger partial charge < -0.3 is 9.47 Å². The van der Waals surface area contributed by atoms with Crippen LogP contribution in [0.4, 0.5) is 0 Å². The predicted molar refractivity (Wildman–Crippen MR) is 37.4 cm³/mol. The monoisotopic (exact) mass is 140 g/mol. The highest BCUT2D eigenvalue weighted by Gasteiger charge is 2.79. The average molecular weight is 140 g/mol. The fourth-order valence-corrected chi connectivity index (χ4v) is 1.56. The van der Waals surface area contributed by atoms with Gasteiger partial charge in [-0.15, -0.1) is 0 Å². The Hall–Kier alpha value is -0.500. The Bertz CT molecular complexity index is 227. The largest absolute Gasteiger partial charge is 0.460 e. The molecule has 2 heteroatoms. The highest BCUT2D eigenvalue weighted by atomic mass is 16.9. The third-order valence-corrected chi connectivity index (χ3v) is 2.41. The fraction of sp³-hybridized carbons (Fsp3) is 0.750. The molecule has 2 rings (SSSR count). The summed E-state index contributed by atoms with van der Waals surface area (Å²) in [7, 11) is 0. The third-order valence-electron chi connectivity index (χ3n) is 2.41. The van der Waals surface area contributed by atoms with Gasteiger partial charge in [0.05, 0.1) is 0 Å². The lowest BCUT2D eigenvalue weighted by Gasteiger charge is -2.29. The van der Waals surface area contributed by atoms with Crippen LogP contribution in [0.2, 0.25) is 0 Å². The van der Waals surface area contributed by atoms with Crippen molar-refractivity contribution in [3.05, 3.63) is 11.3 Å². The fourth-order valence-electron chi connectivity index (χ4n) is 1.56. The molecule has 0 radical (unpaired) electrons. The maximum absolute atomic E-state index is 5.42. The number of hydrogen-bond donors (Lipinski definition) is 0. The van der Waals surface area contributed by atoms with Gasteiger partial charge in [-0.05, 0) is 26.3 Å². The van der Waals surface area contributed by atoms with E-state index in [4.69, 9.17) is 9.47 Å². The van der Waals surface area contributed by atoms with Crippen molar-refractivity contribution in [2.24, 2.45) is 0 Å². The van der Waals surface area contributed by atoms with Gasteiger partial charge in [0.25, 0.3) is 0 Å². The van der Waals surface area contributed by atoms with Crippen LogP contribution in [0.3, 0.4) is 0 Å². The van der Waals surface area contributed by atoms with E-state index in [1.54, 1.807) is 0 Å². The van der Waals surface area contributed by atoms with Crippen molar-refractivity contribution in [1.82, 2.24) is 0 Å². The lowest BCUT2D eigenvalue weighted by molar-refractivity contribution is -0.0183. The van der Waals surface area contributed by atoms with Crippen molar-refractivity contribution in [2.75, 3.05) is 0 Å². The first-order chi connectivity index (χ1) is 4.50. The van der Waals surface area contributed by atoms with Gasteiger partial charge in [-0.25, -0.2) is 0 Å². The summed E-state index contributed by atoms with van der Waals surface area (Å²) >= 11 is 0. The molecule has 2 unspecified atom stereocenters. The Labute approximate surface area is 60.8 Å². The molecule has 2 saturated heterocycles. The number of ether oxygens (including phenoxy) is 2. The molecule has 2 fully saturated rings. The predicted octanol–water partition coefficient (Wildman–Crippen LogP) is 1.82. The number of hydrogen-bond acceptors (Lipinski definition) is 2. The molecule has 2 nitrogen and oxygen atoms in total. The molecule has 10 heavy (non-hydrogen) atoms. The maximum atomic E-state index is 5.42. The highest BCUT2D eigenvalue weighted by molar-refractivity contribution is 5.36. The van der Waals surface area contributed by atoms with E-state index in [1.165, 1.54) is 5.57 Å². The molecule has 0 bridgehead atoms. The van der Waals surface area contributed by atoms with Gasteiger partial charge in [0.15, 0.2) is 5.60 Å². The zero-order valence-electron chi connectivity index (χ0n) is 6.82. The summed E-state index contributed by atoms with van der Waals surface area (Å²) in [6.07, 6.45) is 0. The standard InChI is InChI=1S/C8H12O2/c1-5(2)6-7(3)8(4,9-6)10-7/h1-4H3. The minimum atomic E-state index is -0.278. The summed E-state index contributed by atoms with van der Waals surface area (Å²) in [5.41, 5.74) is 1.14. The smallest absolute Gasteiger partial charge is 0.245 e. The van der Waals surface area contributed by atoms with Gasteiger partial charge in [-0.1, -0.05) is 0 Å². The molecule has 2 aliphatic heterocycles. The molecular weight excluding hydrogens is 128 g/mol. The van der Waals surface area contributed by atoms with Crippen molar-refractivity contribution < 1.29 is 9.47 Å². The Morgan fingerprint density at radius 1 is 1.30 bits per heavy atom. The molecule has 56 valence electrons. The van der Waals surface area contributed by atoms with E-state index in [9.17, 15) is 0 Å². The lowest BCUT2D eigenvalue weighted by Crippen LogP contribution is -2.38. The SMILES string of the molecule is CC(C)=C1OC2(C)OC12C. The van der Waals surface area contributed by atoms with Gasteiger partial charge in [-0.3, -0.25) is 0 Å². The quantitative estimate of drug-likeness (QED) is 0.479. The molecule has 0 aliphatic carbocycles.